The zero-order valence-corrected chi connectivity index (χ0v) is 31.8. The minimum atomic E-state index is -1.75. The first-order chi connectivity index (χ1) is 16.8. The van der Waals surface area contributed by atoms with E-state index in [0.29, 0.717) is 0 Å². The first kappa shape index (κ1) is 96.8. The van der Waals surface area contributed by atoms with E-state index in [-0.39, 0.29) is 58.0 Å². The van der Waals surface area contributed by atoms with Gasteiger partial charge in [0.15, 0.2) is 0 Å². The van der Waals surface area contributed by atoms with Gasteiger partial charge >= 0.3 is 77.4 Å². The SMILES string of the molecule is N.N.N.N.N.N.NCCCCCCN.NCCCCCCN.O=[N+]([O-])[O-].O=[N+]([O-])[O-].O=[N+]([O-])[O-].O=[N+]([O-])[O-].[Cl][Pt+].[Cl][Pt+].[Pt+2]. The fourth-order valence-electron chi connectivity index (χ4n) is 1.28. The number of hydrogen-bond donors (Lipinski definition) is 10. The summed E-state index contributed by atoms with van der Waals surface area (Å²) in [4.78, 5) is 33.0. The van der Waals surface area contributed by atoms with Gasteiger partial charge in [0.25, 0.3) is 0 Å². The molecule has 0 aromatic carbocycles. The van der Waals surface area contributed by atoms with Crippen molar-refractivity contribution < 1.29 is 79.0 Å². The fraction of sp³-hybridized carbons (Fsp3) is 1.00. The van der Waals surface area contributed by atoms with Crippen molar-refractivity contribution in [3.05, 3.63) is 61.3 Å². The molecule has 284 valence electrons. The summed E-state index contributed by atoms with van der Waals surface area (Å²) in [6.07, 6.45) is 9.59. The molecule has 0 amide bonds. The fourth-order valence-corrected chi connectivity index (χ4v) is 1.28. The molecular formula is C12H50Cl2N14O12Pt3. The van der Waals surface area contributed by atoms with Crippen molar-refractivity contribution in [2.75, 3.05) is 26.2 Å². The monoisotopic (exact) mass is 1240 g/mol. The molecule has 0 saturated heterocycles. The molecule has 43 heavy (non-hydrogen) atoms. The summed E-state index contributed by atoms with van der Waals surface area (Å²) >= 11 is 3.22. The Balaban J connectivity index is -0.0000000163. The summed E-state index contributed by atoms with van der Waals surface area (Å²) < 4.78 is 0. The Bertz CT molecular complexity index is 355. The standard InChI is InChI=1S/2C6H16N2.2ClH.4NO3.6H3N.3Pt/c2*7-5-3-1-2-4-6-8;;;4*2-1(3)4;;;;;;;;;/h2*1-8H2;2*1H;;;;;6*1H3;;;/q;;;;4*-1;;;;;;;3*+2/p-2. The zero-order chi connectivity index (χ0) is 30.8. The van der Waals surface area contributed by atoms with Gasteiger partial charge < -0.3 is 121 Å². The third-order valence-corrected chi connectivity index (χ3v) is 2.32. The first-order valence-corrected chi connectivity index (χ1v) is 14.7. The molecule has 0 heterocycles. The average molecular weight is 1240 g/mol. The average Bonchev–Trinajstić information content (AvgIpc) is 2.76. The van der Waals surface area contributed by atoms with Crippen LogP contribution in [-0.4, -0.2) is 46.5 Å². The van der Waals surface area contributed by atoms with Gasteiger partial charge in [-0.3, -0.25) is 0 Å². The molecule has 0 bridgehead atoms. The molecule has 0 atom stereocenters. The Morgan fingerprint density at radius 1 is 0.372 bits per heavy atom. The van der Waals surface area contributed by atoms with Gasteiger partial charge in [-0.25, -0.2) is 0 Å². The van der Waals surface area contributed by atoms with Crippen molar-refractivity contribution in [2.45, 2.75) is 51.4 Å². The van der Waals surface area contributed by atoms with Crippen LogP contribution in [0.2, 0.25) is 0 Å². The largest absolute Gasteiger partial charge is 2.00 e. The van der Waals surface area contributed by atoms with Gasteiger partial charge in [0.05, 0.1) is 20.3 Å². The smallest absolute Gasteiger partial charge is 2.00 e. The second-order valence-corrected chi connectivity index (χ2v) is 4.88. The maximum Gasteiger partial charge on any atom is 2.00 e. The van der Waals surface area contributed by atoms with Crippen LogP contribution in [0.15, 0.2) is 0 Å². The molecule has 0 aliphatic rings. The van der Waals surface area contributed by atoms with E-state index >= 15 is 0 Å². The van der Waals surface area contributed by atoms with Crippen molar-refractivity contribution in [1.29, 1.82) is 0 Å². The van der Waals surface area contributed by atoms with Crippen molar-refractivity contribution in [3.63, 3.8) is 0 Å². The van der Waals surface area contributed by atoms with Crippen LogP contribution in [0.1, 0.15) is 51.4 Å². The minimum Gasteiger partial charge on any atom is 2.00 e. The maximum absolute atomic E-state index is 8.25. The Morgan fingerprint density at radius 3 is 0.488 bits per heavy atom. The van der Waals surface area contributed by atoms with E-state index in [2.05, 4.69) is 18.8 Å². The summed E-state index contributed by atoms with van der Waals surface area (Å²) in [5, 5.41) is 59.0. The molecule has 0 aliphatic heterocycles. The van der Waals surface area contributed by atoms with Crippen LogP contribution < -0.4 is 59.8 Å². The third kappa shape index (κ3) is 765. The van der Waals surface area contributed by atoms with Gasteiger partial charge in [-0.2, -0.15) is 0 Å². The summed E-state index contributed by atoms with van der Waals surface area (Å²) in [6, 6.07) is 0. The van der Waals surface area contributed by atoms with Crippen LogP contribution in [-0.2, 0) is 58.6 Å². The molecular weight excluding hydrogens is 1190 g/mol. The van der Waals surface area contributed by atoms with Crippen LogP contribution in [0.25, 0.3) is 0 Å². The van der Waals surface area contributed by atoms with Gasteiger partial charge in [-0.05, 0) is 51.9 Å². The number of nitrogens with two attached hydrogens (primary N) is 4. The molecule has 0 radical (unpaired) electrons. The number of hydrogen-bond acceptors (Lipinski definition) is 22. The summed E-state index contributed by atoms with van der Waals surface area (Å²) in [6.45, 7) is 3.30. The minimum absolute atomic E-state index is 0. The molecule has 0 unspecified atom stereocenters. The molecule has 31 heteroatoms. The van der Waals surface area contributed by atoms with Crippen LogP contribution in [0.5, 0.6) is 0 Å². The van der Waals surface area contributed by atoms with E-state index in [9.17, 15) is 0 Å². The molecule has 0 spiro atoms. The summed E-state index contributed by atoms with van der Waals surface area (Å²) in [5.74, 6) is 0. The van der Waals surface area contributed by atoms with Gasteiger partial charge in [-0.15, -0.1) is 0 Å². The third-order valence-electron chi connectivity index (χ3n) is 2.32. The van der Waals surface area contributed by atoms with Gasteiger partial charge in [0.1, 0.15) is 0 Å². The Hall–Kier alpha value is -0.955. The Labute approximate surface area is 294 Å². The van der Waals surface area contributed by atoms with Crippen LogP contribution in [0.3, 0.4) is 0 Å². The van der Waals surface area contributed by atoms with Crippen LogP contribution >= 0.6 is 18.8 Å². The molecule has 0 aliphatic carbocycles. The number of nitrogens with zero attached hydrogens (tertiary/aromatic N) is 4. The molecule has 0 rings (SSSR count). The maximum atomic E-state index is 8.25. The van der Waals surface area contributed by atoms with E-state index in [1.54, 1.807) is 37.5 Å². The van der Waals surface area contributed by atoms with E-state index in [4.69, 9.17) is 84.2 Å². The van der Waals surface area contributed by atoms with E-state index in [1.165, 1.54) is 25.7 Å². The summed E-state index contributed by atoms with van der Waals surface area (Å²) in [5.41, 5.74) is 21.1. The van der Waals surface area contributed by atoms with Crippen LogP contribution in [0, 0.1) is 61.3 Å². The summed E-state index contributed by atoms with van der Waals surface area (Å²) in [7, 11) is 9.22. The molecule has 26 N–H and O–H groups in total. The van der Waals surface area contributed by atoms with Gasteiger partial charge in [0.2, 0.25) is 0 Å². The first-order valence-electron chi connectivity index (χ1n) is 9.06. The topological polar surface area (TPSA) is 579 Å². The number of rotatable bonds is 10. The quantitative estimate of drug-likeness (QED) is 0.0852. The molecule has 0 saturated carbocycles. The molecule has 26 nitrogen and oxygen atoms in total. The van der Waals surface area contributed by atoms with Gasteiger partial charge in [-0.1, -0.05) is 25.7 Å². The van der Waals surface area contributed by atoms with Crippen molar-refractivity contribution >= 4 is 18.8 Å². The van der Waals surface area contributed by atoms with Crippen LogP contribution in [0.4, 0.5) is 0 Å². The molecule has 0 aromatic heterocycles. The van der Waals surface area contributed by atoms with Crippen molar-refractivity contribution in [2.24, 2.45) is 22.9 Å². The van der Waals surface area contributed by atoms with Gasteiger partial charge in [0, 0.05) is 0 Å². The van der Waals surface area contributed by atoms with Crippen molar-refractivity contribution in [3.8, 4) is 0 Å². The second kappa shape index (κ2) is 124. The van der Waals surface area contributed by atoms with E-state index in [1.807, 2.05) is 0 Å². The zero-order valence-electron chi connectivity index (χ0n) is 23.4. The normalized spacial score (nSPS) is 6.19. The predicted octanol–water partition coefficient (Wildman–Crippen LogP) is 2.32. The molecule has 0 fully saturated rings. The number of unbranched alkanes of at least 4 members (excludes halogenated alkanes) is 6. The van der Waals surface area contributed by atoms with Crippen molar-refractivity contribution in [1.82, 2.24) is 36.9 Å². The Morgan fingerprint density at radius 2 is 0.442 bits per heavy atom. The Kier molecular flexibility index (Phi) is 279. The van der Waals surface area contributed by atoms with E-state index in [0.717, 1.165) is 51.9 Å². The van der Waals surface area contributed by atoms with E-state index < -0.39 is 20.3 Å². The molecule has 0 aromatic rings. The predicted molar refractivity (Wildman–Crippen MR) is 156 cm³/mol. The second-order valence-electron chi connectivity index (χ2n) is 4.88. The number of halogens is 2.